The lowest BCUT2D eigenvalue weighted by Crippen LogP contribution is -2.47. The van der Waals surface area contributed by atoms with Crippen molar-refractivity contribution in [2.75, 3.05) is 19.8 Å². The maximum absolute atomic E-state index is 8.87. The van der Waals surface area contributed by atoms with E-state index in [0.717, 1.165) is 0 Å². The Kier molecular flexibility index (Phi) is 2.23. The van der Waals surface area contributed by atoms with Crippen molar-refractivity contribution in [2.45, 2.75) is 26.6 Å². The minimum Gasteiger partial charge on any atom is -0.391 e. The molecule has 1 aliphatic heterocycles. The van der Waals surface area contributed by atoms with E-state index in [2.05, 4.69) is 13.8 Å². The van der Waals surface area contributed by atoms with Crippen molar-refractivity contribution in [1.82, 2.24) is 0 Å². The van der Waals surface area contributed by atoms with E-state index in [-0.39, 0.29) is 12.0 Å². The number of hydrogen-bond donors (Lipinski definition) is 1. The van der Waals surface area contributed by atoms with Crippen LogP contribution < -0.4 is 0 Å². The van der Waals surface area contributed by atoms with Gasteiger partial charge in [-0.3, -0.25) is 0 Å². The second-order valence-corrected chi connectivity index (χ2v) is 4.03. The topological polar surface area (TPSA) is 38.7 Å². The molecule has 1 rings (SSSR count). The molecule has 1 fully saturated rings. The van der Waals surface area contributed by atoms with Gasteiger partial charge in [-0.05, 0) is 6.92 Å². The van der Waals surface area contributed by atoms with E-state index in [1.54, 1.807) is 6.92 Å². The van der Waals surface area contributed by atoms with Crippen molar-refractivity contribution in [3.8, 4) is 0 Å². The summed E-state index contributed by atoms with van der Waals surface area (Å²) in [6, 6.07) is 0. The highest BCUT2D eigenvalue weighted by Crippen LogP contribution is 2.28. The molecule has 0 spiro atoms. The molecule has 0 unspecified atom stereocenters. The monoisotopic (exact) mass is 160 g/mol. The third-order valence-corrected chi connectivity index (χ3v) is 1.82. The van der Waals surface area contributed by atoms with Crippen LogP contribution in [-0.2, 0) is 9.47 Å². The standard InChI is InChI=1S/C8H16O3/c1-7(2)5-10-8(3,4-9)11-6-7/h9H,4-6H2,1-3H3. The van der Waals surface area contributed by atoms with Gasteiger partial charge in [0.15, 0.2) is 5.79 Å². The van der Waals surface area contributed by atoms with Crippen LogP contribution >= 0.6 is 0 Å². The van der Waals surface area contributed by atoms with Crippen molar-refractivity contribution in [2.24, 2.45) is 5.41 Å². The van der Waals surface area contributed by atoms with Crippen LogP contribution in [0.2, 0.25) is 0 Å². The summed E-state index contributed by atoms with van der Waals surface area (Å²) in [5, 5.41) is 8.87. The van der Waals surface area contributed by atoms with E-state index in [0.29, 0.717) is 13.2 Å². The van der Waals surface area contributed by atoms with Gasteiger partial charge >= 0.3 is 0 Å². The summed E-state index contributed by atoms with van der Waals surface area (Å²) in [4.78, 5) is 0. The molecule has 0 radical (unpaired) electrons. The molecule has 1 aliphatic rings. The Morgan fingerprint density at radius 3 is 2.00 bits per heavy atom. The Bertz CT molecular complexity index is 132. The predicted molar refractivity (Wildman–Crippen MR) is 41.2 cm³/mol. The molecule has 66 valence electrons. The van der Waals surface area contributed by atoms with Crippen LogP contribution in [-0.4, -0.2) is 30.7 Å². The van der Waals surface area contributed by atoms with E-state index in [1.165, 1.54) is 0 Å². The second-order valence-electron chi connectivity index (χ2n) is 4.03. The number of aliphatic hydroxyl groups is 1. The van der Waals surface area contributed by atoms with Gasteiger partial charge in [0.2, 0.25) is 0 Å². The van der Waals surface area contributed by atoms with Gasteiger partial charge in [0.1, 0.15) is 0 Å². The first kappa shape index (κ1) is 8.97. The van der Waals surface area contributed by atoms with Crippen molar-refractivity contribution in [3.05, 3.63) is 0 Å². The molecular formula is C8H16O3. The normalized spacial score (nSPS) is 28.4. The van der Waals surface area contributed by atoms with Gasteiger partial charge in [0.05, 0.1) is 19.8 Å². The first-order valence-corrected chi connectivity index (χ1v) is 3.86. The molecular weight excluding hydrogens is 144 g/mol. The van der Waals surface area contributed by atoms with Gasteiger partial charge in [-0.1, -0.05) is 13.8 Å². The third kappa shape index (κ3) is 2.15. The summed E-state index contributed by atoms with van der Waals surface area (Å²) in [6.45, 7) is 7.10. The molecule has 0 aliphatic carbocycles. The summed E-state index contributed by atoms with van der Waals surface area (Å²) in [6.07, 6.45) is 0. The van der Waals surface area contributed by atoms with Crippen LogP contribution in [0.15, 0.2) is 0 Å². The van der Waals surface area contributed by atoms with Gasteiger partial charge < -0.3 is 14.6 Å². The highest BCUT2D eigenvalue weighted by atomic mass is 16.7. The van der Waals surface area contributed by atoms with Crippen LogP contribution in [0.3, 0.4) is 0 Å². The molecule has 1 saturated heterocycles. The minimum absolute atomic E-state index is 0.0781. The Hall–Kier alpha value is -0.120. The Labute approximate surface area is 67.3 Å². The lowest BCUT2D eigenvalue weighted by molar-refractivity contribution is -0.301. The van der Waals surface area contributed by atoms with Gasteiger partial charge in [-0.25, -0.2) is 0 Å². The zero-order valence-electron chi connectivity index (χ0n) is 7.39. The van der Waals surface area contributed by atoms with Gasteiger partial charge in [0.25, 0.3) is 0 Å². The lowest BCUT2D eigenvalue weighted by atomic mass is 9.95. The maximum atomic E-state index is 8.87. The van der Waals surface area contributed by atoms with Gasteiger partial charge in [0, 0.05) is 5.41 Å². The number of ether oxygens (including phenoxy) is 2. The van der Waals surface area contributed by atoms with Crippen LogP contribution in [0.1, 0.15) is 20.8 Å². The molecule has 1 heterocycles. The molecule has 0 bridgehead atoms. The fourth-order valence-electron chi connectivity index (χ4n) is 0.871. The average molecular weight is 160 g/mol. The smallest absolute Gasteiger partial charge is 0.188 e. The van der Waals surface area contributed by atoms with Crippen molar-refractivity contribution in [1.29, 1.82) is 0 Å². The minimum atomic E-state index is -0.768. The molecule has 1 N–H and O–H groups in total. The Morgan fingerprint density at radius 2 is 1.64 bits per heavy atom. The number of aliphatic hydroxyl groups excluding tert-OH is 1. The molecule has 3 heteroatoms. The molecule has 0 aromatic carbocycles. The quantitative estimate of drug-likeness (QED) is 0.615. The van der Waals surface area contributed by atoms with Gasteiger partial charge in [-0.15, -0.1) is 0 Å². The molecule has 3 nitrogen and oxygen atoms in total. The largest absolute Gasteiger partial charge is 0.391 e. The molecule has 0 amide bonds. The fraction of sp³-hybridized carbons (Fsp3) is 1.00. The van der Waals surface area contributed by atoms with Crippen LogP contribution in [0, 0.1) is 5.41 Å². The summed E-state index contributed by atoms with van der Waals surface area (Å²) in [5.74, 6) is -0.768. The van der Waals surface area contributed by atoms with E-state index in [4.69, 9.17) is 14.6 Å². The fourth-order valence-corrected chi connectivity index (χ4v) is 0.871. The van der Waals surface area contributed by atoms with Crippen molar-refractivity contribution < 1.29 is 14.6 Å². The average Bonchev–Trinajstić information content (AvgIpc) is 1.97. The van der Waals surface area contributed by atoms with E-state index < -0.39 is 5.79 Å². The van der Waals surface area contributed by atoms with E-state index >= 15 is 0 Å². The molecule has 0 saturated carbocycles. The van der Waals surface area contributed by atoms with Gasteiger partial charge in [-0.2, -0.15) is 0 Å². The predicted octanol–water partition coefficient (Wildman–Crippen LogP) is 0.768. The summed E-state index contributed by atoms with van der Waals surface area (Å²) < 4.78 is 10.7. The van der Waals surface area contributed by atoms with Crippen molar-refractivity contribution >= 4 is 0 Å². The molecule has 0 aromatic rings. The van der Waals surface area contributed by atoms with Crippen LogP contribution in [0.25, 0.3) is 0 Å². The highest BCUT2D eigenvalue weighted by molar-refractivity contribution is 4.76. The highest BCUT2D eigenvalue weighted by Gasteiger charge is 2.36. The SMILES string of the molecule is CC1(C)COC(C)(CO)OC1. The summed E-state index contributed by atoms with van der Waals surface area (Å²) in [5.41, 5.74) is 0.0781. The Morgan fingerprint density at radius 1 is 1.18 bits per heavy atom. The zero-order valence-corrected chi connectivity index (χ0v) is 7.39. The third-order valence-electron chi connectivity index (χ3n) is 1.82. The van der Waals surface area contributed by atoms with Crippen LogP contribution in [0.4, 0.5) is 0 Å². The summed E-state index contributed by atoms with van der Waals surface area (Å²) in [7, 11) is 0. The van der Waals surface area contributed by atoms with E-state index in [1.807, 2.05) is 0 Å². The lowest BCUT2D eigenvalue weighted by Gasteiger charge is -2.40. The second kappa shape index (κ2) is 2.73. The van der Waals surface area contributed by atoms with E-state index in [9.17, 15) is 0 Å². The van der Waals surface area contributed by atoms with Crippen LogP contribution in [0.5, 0.6) is 0 Å². The molecule has 0 atom stereocenters. The Balaban J connectivity index is 2.48. The first-order chi connectivity index (χ1) is 4.97. The van der Waals surface area contributed by atoms with Crippen molar-refractivity contribution in [3.63, 3.8) is 0 Å². The zero-order chi connectivity index (χ0) is 8.54. The molecule has 0 aromatic heterocycles. The number of hydrogen-bond acceptors (Lipinski definition) is 3. The number of rotatable bonds is 1. The first-order valence-electron chi connectivity index (χ1n) is 3.86. The summed E-state index contributed by atoms with van der Waals surface area (Å²) >= 11 is 0. The molecule has 11 heavy (non-hydrogen) atoms. The maximum Gasteiger partial charge on any atom is 0.188 e.